The first-order valence-corrected chi connectivity index (χ1v) is 6.87. The first-order chi connectivity index (χ1) is 8.79. The molecule has 4 nitrogen and oxygen atoms in total. The van der Waals surface area contributed by atoms with E-state index in [2.05, 4.69) is 51.2 Å². The summed E-state index contributed by atoms with van der Waals surface area (Å²) in [4.78, 5) is 0. The molecule has 0 radical (unpaired) electrons. The minimum Gasteiger partial charge on any atom is -0.383 e. The maximum atomic E-state index is 4.98. The molecule has 5 heteroatoms. The maximum Gasteiger partial charge on any atom is 0.0766 e. The Bertz CT molecular complexity index is 498. The average molecular weight is 357 g/mol. The first kappa shape index (κ1) is 13.5. The number of methoxy groups -OCH3 is 1. The monoisotopic (exact) mass is 357 g/mol. The van der Waals surface area contributed by atoms with Gasteiger partial charge >= 0.3 is 0 Å². The quantitative estimate of drug-likeness (QED) is 0.637. The van der Waals surface area contributed by atoms with Crippen LogP contribution in [0.5, 0.6) is 0 Å². The van der Waals surface area contributed by atoms with E-state index in [1.165, 1.54) is 3.57 Å². The fourth-order valence-electron chi connectivity index (χ4n) is 1.61. The second-order valence-corrected chi connectivity index (χ2v) is 5.15. The summed E-state index contributed by atoms with van der Waals surface area (Å²) in [7, 11) is 1.70. The van der Waals surface area contributed by atoms with Crippen molar-refractivity contribution in [2.75, 3.05) is 20.3 Å². The number of nitrogens with one attached hydrogen (secondary N) is 1. The van der Waals surface area contributed by atoms with Crippen molar-refractivity contribution in [3.63, 3.8) is 0 Å². The van der Waals surface area contributed by atoms with Gasteiger partial charge in [-0.05, 0) is 46.9 Å². The number of rotatable bonds is 6. The molecule has 18 heavy (non-hydrogen) atoms. The summed E-state index contributed by atoms with van der Waals surface area (Å²) >= 11 is 2.30. The highest BCUT2D eigenvalue weighted by Gasteiger charge is 2.01. The van der Waals surface area contributed by atoms with E-state index >= 15 is 0 Å². The molecule has 0 aliphatic carbocycles. The average Bonchev–Trinajstić information content (AvgIpc) is 2.83. The molecule has 0 saturated carbocycles. The van der Waals surface area contributed by atoms with Gasteiger partial charge in [-0.2, -0.15) is 5.10 Å². The number of halogens is 1. The Morgan fingerprint density at radius 2 is 2.28 bits per heavy atom. The molecular formula is C13H16IN3O. The van der Waals surface area contributed by atoms with Gasteiger partial charge in [0.1, 0.15) is 0 Å². The largest absolute Gasteiger partial charge is 0.383 e. The van der Waals surface area contributed by atoms with Gasteiger partial charge in [-0.3, -0.25) is 0 Å². The van der Waals surface area contributed by atoms with E-state index < -0.39 is 0 Å². The zero-order valence-electron chi connectivity index (χ0n) is 10.3. The van der Waals surface area contributed by atoms with E-state index in [0.717, 1.165) is 31.1 Å². The van der Waals surface area contributed by atoms with Crippen molar-refractivity contribution in [1.82, 2.24) is 15.1 Å². The lowest BCUT2D eigenvalue weighted by Crippen LogP contribution is -2.18. The van der Waals surface area contributed by atoms with Gasteiger partial charge in [0.2, 0.25) is 0 Å². The molecule has 96 valence electrons. The molecule has 0 unspecified atom stereocenters. The summed E-state index contributed by atoms with van der Waals surface area (Å²) in [5.41, 5.74) is 2.12. The van der Waals surface area contributed by atoms with Gasteiger partial charge in [0.05, 0.1) is 18.0 Å². The molecule has 2 aromatic rings. The summed E-state index contributed by atoms with van der Waals surface area (Å²) < 4.78 is 8.09. The van der Waals surface area contributed by atoms with Crippen LogP contribution in [0.2, 0.25) is 0 Å². The highest BCUT2D eigenvalue weighted by Crippen LogP contribution is 2.12. The van der Waals surface area contributed by atoms with Crippen molar-refractivity contribution in [2.24, 2.45) is 0 Å². The maximum absolute atomic E-state index is 4.98. The zero-order valence-corrected chi connectivity index (χ0v) is 12.4. The molecule has 0 bridgehead atoms. The van der Waals surface area contributed by atoms with Gasteiger partial charge in [0.15, 0.2) is 0 Å². The van der Waals surface area contributed by atoms with Gasteiger partial charge in [0.25, 0.3) is 0 Å². The lowest BCUT2D eigenvalue weighted by Gasteiger charge is -2.02. The Hall–Kier alpha value is -0.920. The van der Waals surface area contributed by atoms with E-state index in [1.54, 1.807) is 7.11 Å². The van der Waals surface area contributed by atoms with Crippen molar-refractivity contribution < 1.29 is 4.74 Å². The van der Waals surface area contributed by atoms with E-state index in [4.69, 9.17) is 4.74 Å². The number of hydrogen-bond donors (Lipinski definition) is 1. The highest BCUT2D eigenvalue weighted by molar-refractivity contribution is 14.1. The standard InChI is InChI=1S/C13H16IN3O/c1-18-8-6-15-10-12-5-7-17(16-12)13-4-2-3-11(14)9-13/h2-5,7,9,15H,6,8,10H2,1H3. The zero-order chi connectivity index (χ0) is 12.8. The van der Waals surface area contributed by atoms with Crippen molar-refractivity contribution in [3.8, 4) is 5.69 Å². The molecule has 2 rings (SSSR count). The fraction of sp³-hybridized carbons (Fsp3) is 0.308. The molecule has 0 saturated heterocycles. The Balaban J connectivity index is 1.97. The van der Waals surface area contributed by atoms with Crippen LogP contribution in [-0.4, -0.2) is 30.0 Å². The van der Waals surface area contributed by atoms with Crippen molar-refractivity contribution >= 4 is 22.6 Å². The lowest BCUT2D eigenvalue weighted by atomic mass is 10.3. The van der Waals surface area contributed by atoms with Crippen LogP contribution < -0.4 is 5.32 Å². The third-order valence-electron chi connectivity index (χ3n) is 2.51. The topological polar surface area (TPSA) is 39.1 Å². The van der Waals surface area contributed by atoms with Crippen molar-refractivity contribution in [2.45, 2.75) is 6.54 Å². The van der Waals surface area contributed by atoms with Crippen LogP contribution in [-0.2, 0) is 11.3 Å². The summed E-state index contributed by atoms with van der Waals surface area (Å²) in [6.45, 7) is 2.32. The minimum atomic E-state index is 0.720. The second kappa shape index (κ2) is 6.86. The summed E-state index contributed by atoms with van der Waals surface area (Å²) in [6.07, 6.45) is 1.98. The number of nitrogens with zero attached hydrogens (tertiary/aromatic N) is 2. The molecule has 0 spiro atoms. The van der Waals surface area contributed by atoms with Crippen LogP contribution in [0.1, 0.15) is 5.69 Å². The van der Waals surface area contributed by atoms with E-state index in [0.29, 0.717) is 0 Å². The normalized spacial score (nSPS) is 10.8. The molecule has 1 aromatic heterocycles. The number of ether oxygens (including phenoxy) is 1. The Labute approximate surface area is 120 Å². The molecule has 0 aliphatic heterocycles. The Morgan fingerprint density at radius 1 is 1.39 bits per heavy atom. The Morgan fingerprint density at radius 3 is 3.06 bits per heavy atom. The molecule has 1 N–H and O–H groups in total. The van der Waals surface area contributed by atoms with Crippen LogP contribution in [0.4, 0.5) is 0 Å². The van der Waals surface area contributed by atoms with Crippen molar-refractivity contribution in [1.29, 1.82) is 0 Å². The smallest absolute Gasteiger partial charge is 0.0766 e. The molecule has 1 aromatic carbocycles. The summed E-state index contributed by atoms with van der Waals surface area (Å²) in [5.74, 6) is 0. The van der Waals surface area contributed by atoms with Crippen LogP contribution in [0, 0.1) is 3.57 Å². The number of hydrogen-bond acceptors (Lipinski definition) is 3. The summed E-state index contributed by atoms with van der Waals surface area (Å²) in [6, 6.07) is 10.3. The first-order valence-electron chi connectivity index (χ1n) is 5.80. The predicted octanol–water partition coefficient (Wildman–Crippen LogP) is 2.21. The SMILES string of the molecule is COCCNCc1ccn(-c2cccc(I)c2)n1. The molecular weight excluding hydrogens is 341 g/mol. The van der Waals surface area contributed by atoms with Gasteiger partial charge < -0.3 is 10.1 Å². The van der Waals surface area contributed by atoms with Crippen LogP contribution in [0.15, 0.2) is 36.5 Å². The minimum absolute atomic E-state index is 0.720. The number of benzene rings is 1. The second-order valence-electron chi connectivity index (χ2n) is 3.90. The molecule has 0 atom stereocenters. The van der Waals surface area contributed by atoms with Gasteiger partial charge in [0, 0.05) is 30.0 Å². The van der Waals surface area contributed by atoms with Crippen LogP contribution in [0.25, 0.3) is 5.69 Å². The fourth-order valence-corrected chi connectivity index (χ4v) is 2.14. The van der Waals surface area contributed by atoms with Gasteiger partial charge in [-0.25, -0.2) is 4.68 Å². The third-order valence-corrected chi connectivity index (χ3v) is 3.18. The third kappa shape index (κ3) is 3.79. The van der Waals surface area contributed by atoms with Gasteiger partial charge in [-0.15, -0.1) is 0 Å². The highest BCUT2D eigenvalue weighted by atomic mass is 127. The van der Waals surface area contributed by atoms with E-state index in [9.17, 15) is 0 Å². The molecule has 0 amide bonds. The molecule has 1 heterocycles. The predicted molar refractivity (Wildman–Crippen MR) is 79.9 cm³/mol. The van der Waals surface area contributed by atoms with E-state index in [-0.39, 0.29) is 0 Å². The van der Waals surface area contributed by atoms with Crippen LogP contribution in [0.3, 0.4) is 0 Å². The molecule has 0 aliphatic rings. The molecule has 0 fully saturated rings. The van der Waals surface area contributed by atoms with Gasteiger partial charge in [-0.1, -0.05) is 6.07 Å². The lowest BCUT2D eigenvalue weighted by molar-refractivity contribution is 0.199. The van der Waals surface area contributed by atoms with Crippen LogP contribution >= 0.6 is 22.6 Å². The summed E-state index contributed by atoms with van der Waals surface area (Å²) in [5, 5.41) is 7.81. The van der Waals surface area contributed by atoms with Crippen molar-refractivity contribution in [3.05, 3.63) is 45.8 Å². The Kier molecular flexibility index (Phi) is 5.15. The van der Waals surface area contributed by atoms with E-state index in [1.807, 2.05) is 23.0 Å². The number of aromatic nitrogens is 2.